The molecule has 146 valence electrons. The second-order valence-corrected chi connectivity index (χ2v) is 7.65. The first-order valence-electron chi connectivity index (χ1n) is 9.23. The van der Waals surface area contributed by atoms with E-state index < -0.39 is 0 Å². The van der Waals surface area contributed by atoms with E-state index >= 15 is 0 Å². The Labute approximate surface area is 182 Å². The molecule has 4 nitrogen and oxygen atoms in total. The number of rotatable bonds is 3. The van der Waals surface area contributed by atoms with Crippen LogP contribution < -0.4 is 5.32 Å². The zero-order valence-corrected chi connectivity index (χ0v) is 17.0. The molecular weight excluding hydrogens is 419 g/mol. The summed E-state index contributed by atoms with van der Waals surface area (Å²) in [4.78, 5) is 17.2. The highest BCUT2D eigenvalue weighted by Gasteiger charge is 2.14. The highest BCUT2D eigenvalue weighted by Crippen LogP contribution is 2.31. The number of carbonyl (C=O) groups excluding carboxylic acids is 1. The van der Waals surface area contributed by atoms with Gasteiger partial charge in [0, 0.05) is 16.3 Å². The van der Waals surface area contributed by atoms with Gasteiger partial charge in [0.25, 0.3) is 5.91 Å². The van der Waals surface area contributed by atoms with Gasteiger partial charge in [-0.1, -0.05) is 59.6 Å². The molecule has 0 aliphatic carbocycles. The van der Waals surface area contributed by atoms with Crippen molar-refractivity contribution in [3.8, 4) is 11.5 Å². The van der Waals surface area contributed by atoms with E-state index in [1.54, 1.807) is 30.3 Å². The summed E-state index contributed by atoms with van der Waals surface area (Å²) in [6.45, 7) is 0. The number of nitrogens with one attached hydrogen (secondary N) is 1. The van der Waals surface area contributed by atoms with Crippen molar-refractivity contribution in [3.63, 3.8) is 0 Å². The van der Waals surface area contributed by atoms with Crippen LogP contribution in [0.25, 0.3) is 33.3 Å². The first-order valence-corrected chi connectivity index (χ1v) is 9.99. The number of amides is 1. The molecule has 0 unspecified atom stereocenters. The van der Waals surface area contributed by atoms with Crippen LogP contribution in [-0.4, -0.2) is 10.9 Å². The Morgan fingerprint density at radius 1 is 0.900 bits per heavy atom. The Balaban J connectivity index is 1.50. The lowest BCUT2D eigenvalue weighted by atomic mass is 10.0. The van der Waals surface area contributed by atoms with Gasteiger partial charge >= 0.3 is 0 Å². The number of hydrogen-bond acceptors (Lipinski definition) is 3. The largest absolute Gasteiger partial charge is 0.436 e. The predicted molar refractivity (Wildman–Crippen MR) is 121 cm³/mol. The van der Waals surface area contributed by atoms with Gasteiger partial charge in [0.05, 0.1) is 10.6 Å². The van der Waals surface area contributed by atoms with Crippen molar-refractivity contribution in [2.24, 2.45) is 0 Å². The van der Waals surface area contributed by atoms with Crippen molar-refractivity contribution in [2.45, 2.75) is 0 Å². The molecule has 5 rings (SSSR count). The van der Waals surface area contributed by atoms with Crippen LogP contribution in [0.2, 0.25) is 10.0 Å². The molecule has 0 bridgehead atoms. The van der Waals surface area contributed by atoms with Gasteiger partial charge in [-0.2, -0.15) is 0 Å². The second-order valence-electron chi connectivity index (χ2n) is 6.81. The molecule has 0 saturated heterocycles. The van der Waals surface area contributed by atoms with Crippen molar-refractivity contribution in [1.29, 1.82) is 0 Å². The number of anilines is 1. The van der Waals surface area contributed by atoms with Gasteiger partial charge in [0.2, 0.25) is 5.89 Å². The number of carbonyl (C=O) groups is 1. The van der Waals surface area contributed by atoms with Gasteiger partial charge < -0.3 is 9.73 Å². The van der Waals surface area contributed by atoms with Crippen LogP contribution in [0.4, 0.5) is 5.69 Å². The van der Waals surface area contributed by atoms with E-state index in [9.17, 15) is 4.79 Å². The third kappa shape index (κ3) is 3.41. The second kappa shape index (κ2) is 7.48. The maximum Gasteiger partial charge on any atom is 0.257 e. The quantitative estimate of drug-likeness (QED) is 0.327. The number of nitrogens with zero attached hydrogens (tertiary/aromatic N) is 1. The minimum atomic E-state index is -0.348. The molecule has 30 heavy (non-hydrogen) atoms. The van der Waals surface area contributed by atoms with Crippen LogP contribution in [0, 0.1) is 0 Å². The predicted octanol–water partition coefficient (Wildman–Crippen LogP) is 7.21. The Kier molecular flexibility index (Phi) is 4.66. The van der Waals surface area contributed by atoms with E-state index in [2.05, 4.69) is 22.4 Å². The molecule has 0 spiro atoms. The van der Waals surface area contributed by atoms with E-state index in [0.29, 0.717) is 38.3 Å². The van der Waals surface area contributed by atoms with Crippen LogP contribution in [0.5, 0.6) is 0 Å². The molecule has 4 aromatic carbocycles. The van der Waals surface area contributed by atoms with Crippen LogP contribution in [-0.2, 0) is 0 Å². The highest BCUT2D eigenvalue weighted by molar-refractivity contribution is 6.36. The maximum atomic E-state index is 12.6. The van der Waals surface area contributed by atoms with Gasteiger partial charge in [-0.3, -0.25) is 4.79 Å². The first-order chi connectivity index (χ1) is 14.6. The van der Waals surface area contributed by atoms with Crippen molar-refractivity contribution in [1.82, 2.24) is 4.98 Å². The summed E-state index contributed by atoms with van der Waals surface area (Å²) < 4.78 is 5.98. The molecule has 0 aliphatic rings. The van der Waals surface area contributed by atoms with Gasteiger partial charge in [0.15, 0.2) is 5.58 Å². The van der Waals surface area contributed by atoms with Gasteiger partial charge in [-0.15, -0.1) is 0 Å². The van der Waals surface area contributed by atoms with E-state index in [1.165, 1.54) is 6.07 Å². The van der Waals surface area contributed by atoms with Gasteiger partial charge in [-0.25, -0.2) is 4.98 Å². The summed E-state index contributed by atoms with van der Waals surface area (Å²) in [6.07, 6.45) is 0. The van der Waals surface area contributed by atoms with Crippen molar-refractivity contribution in [2.75, 3.05) is 5.32 Å². The molecule has 1 N–H and O–H groups in total. The monoisotopic (exact) mass is 432 g/mol. The molecule has 1 amide bonds. The van der Waals surface area contributed by atoms with Crippen LogP contribution in [0.1, 0.15) is 10.4 Å². The van der Waals surface area contributed by atoms with Crippen LogP contribution >= 0.6 is 23.2 Å². The topological polar surface area (TPSA) is 55.1 Å². The smallest absolute Gasteiger partial charge is 0.257 e. The average Bonchev–Trinajstić information content (AvgIpc) is 3.18. The first kappa shape index (κ1) is 18.7. The summed E-state index contributed by atoms with van der Waals surface area (Å²) in [5, 5.41) is 5.79. The van der Waals surface area contributed by atoms with E-state index in [1.807, 2.05) is 30.3 Å². The summed E-state index contributed by atoms with van der Waals surface area (Å²) >= 11 is 12.1. The normalized spacial score (nSPS) is 11.1. The number of halogens is 2. The number of hydrogen-bond donors (Lipinski definition) is 1. The highest BCUT2D eigenvalue weighted by atomic mass is 35.5. The summed E-state index contributed by atoms with van der Waals surface area (Å²) in [5.74, 6) is 0.183. The SMILES string of the molecule is O=C(Nc1ccc2oc(-c3cccc4ccccc34)nc2c1)c1cc(Cl)ccc1Cl. The molecule has 6 heteroatoms. The molecule has 0 aliphatic heterocycles. The van der Waals surface area contributed by atoms with Crippen molar-refractivity contribution < 1.29 is 9.21 Å². The Morgan fingerprint density at radius 2 is 1.73 bits per heavy atom. The summed E-state index contributed by atoms with van der Waals surface area (Å²) in [6, 6.07) is 24.2. The number of benzene rings is 4. The molecule has 0 atom stereocenters. The van der Waals surface area contributed by atoms with Gasteiger partial charge in [-0.05, 0) is 53.2 Å². The fourth-order valence-corrected chi connectivity index (χ4v) is 3.78. The molecule has 1 aromatic heterocycles. The Morgan fingerprint density at radius 3 is 2.63 bits per heavy atom. The van der Waals surface area contributed by atoms with Crippen molar-refractivity contribution in [3.05, 3.63) is 94.5 Å². The fraction of sp³-hybridized carbons (Fsp3) is 0. The maximum absolute atomic E-state index is 12.6. The lowest BCUT2D eigenvalue weighted by Crippen LogP contribution is -2.12. The summed E-state index contributed by atoms with van der Waals surface area (Å²) in [7, 11) is 0. The van der Waals surface area contributed by atoms with E-state index in [-0.39, 0.29) is 5.91 Å². The van der Waals surface area contributed by atoms with E-state index in [4.69, 9.17) is 27.6 Å². The number of fused-ring (bicyclic) bond motifs is 2. The Hall–Kier alpha value is -3.34. The Bertz CT molecular complexity index is 1420. The zero-order chi connectivity index (χ0) is 20.7. The zero-order valence-electron chi connectivity index (χ0n) is 15.5. The fourth-order valence-electron chi connectivity index (χ4n) is 3.40. The standard InChI is InChI=1S/C24H14Cl2N2O2/c25-15-8-10-20(26)19(12-15)23(29)27-16-9-11-22-21(13-16)28-24(30-22)18-7-3-5-14-4-1-2-6-17(14)18/h1-13H,(H,27,29). The average molecular weight is 433 g/mol. The van der Waals surface area contributed by atoms with Crippen LogP contribution in [0.15, 0.2) is 83.3 Å². The minimum Gasteiger partial charge on any atom is -0.436 e. The molecule has 0 radical (unpaired) electrons. The number of aromatic nitrogens is 1. The third-order valence-corrected chi connectivity index (χ3v) is 5.40. The lowest BCUT2D eigenvalue weighted by molar-refractivity contribution is 0.102. The minimum absolute atomic E-state index is 0.306. The molecular formula is C24H14Cl2N2O2. The van der Waals surface area contributed by atoms with Crippen molar-refractivity contribution >= 4 is 56.7 Å². The molecule has 1 heterocycles. The molecule has 5 aromatic rings. The third-order valence-electron chi connectivity index (χ3n) is 4.84. The lowest BCUT2D eigenvalue weighted by Gasteiger charge is -2.07. The van der Waals surface area contributed by atoms with Crippen LogP contribution in [0.3, 0.4) is 0 Å². The molecule has 0 saturated carbocycles. The van der Waals surface area contributed by atoms with Gasteiger partial charge in [0.1, 0.15) is 5.52 Å². The molecule has 0 fully saturated rings. The summed E-state index contributed by atoms with van der Waals surface area (Å²) in [5.41, 5.74) is 3.09. The van der Waals surface area contributed by atoms with E-state index in [0.717, 1.165) is 16.3 Å². The number of oxazole rings is 1.